The van der Waals surface area contributed by atoms with E-state index in [1.165, 1.54) is 0 Å². The standard InChI is InChI=1S/C50H80NO9P/c1-6-8-9-10-11-12-13-14-15-16-17-18-19-24-27-30-33-36-39-42-50(54)60-48(46-59-61(55,56)58-44-43-51(3,4)5)45-57-49(53)41-38-35-32-29-26-23-21-20-22-25-28-31-34-37-40-47(52)7-2/h8-9,11-12,14-15,17-18,21-25,27,29,31-34,36,47-48,52H,6-7,10,13,16,19-20,26,28,30,35,37-46H2,1-5H3/p+1/b9-8-,12-11-,15-14-,18-17-,23-21-,25-22-,27-24-,32-29-,34-31-,36-33-/t47-,48+/m0/s1. The van der Waals surface area contributed by atoms with Gasteiger partial charge in [-0.05, 0) is 96.3 Å². The second-order valence-electron chi connectivity index (χ2n) is 15.5. The van der Waals surface area contributed by atoms with Crippen LogP contribution in [0.2, 0.25) is 0 Å². The number of allylic oxidation sites excluding steroid dienone is 20. The van der Waals surface area contributed by atoms with E-state index in [0.717, 1.165) is 77.0 Å². The highest BCUT2D eigenvalue weighted by Gasteiger charge is 2.27. The van der Waals surface area contributed by atoms with Crippen molar-refractivity contribution < 1.29 is 47.2 Å². The fraction of sp³-hybridized carbons (Fsp3) is 0.560. The molecule has 11 heteroatoms. The lowest BCUT2D eigenvalue weighted by molar-refractivity contribution is -0.870. The van der Waals surface area contributed by atoms with Gasteiger partial charge in [-0.15, -0.1) is 0 Å². The molecule has 0 amide bonds. The van der Waals surface area contributed by atoms with Crippen LogP contribution in [0.15, 0.2) is 122 Å². The summed E-state index contributed by atoms with van der Waals surface area (Å²) in [6.45, 7) is 3.83. The quantitative estimate of drug-likeness (QED) is 0.0205. The monoisotopic (exact) mass is 871 g/mol. The highest BCUT2D eigenvalue weighted by atomic mass is 31.2. The van der Waals surface area contributed by atoms with E-state index in [0.29, 0.717) is 30.3 Å². The molecule has 1 unspecified atom stereocenters. The van der Waals surface area contributed by atoms with Gasteiger partial charge in [-0.3, -0.25) is 18.6 Å². The minimum atomic E-state index is -4.43. The van der Waals surface area contributed by atoms with Gasteiger partial charge in [-0.1, -0.05) is 135 Å². The first-order valence-corrected chi connectivity index (χ1v) is 23.8. The van der Waals surface area contributed by atoms with Gasteiger partial charge in [-0.25, -0.2) is 4.57 Å². The number of aliphatic hydroxyl groups is 1. The van der Waals surface area contributed by atoms with Crippen molar-refractivity contribution in [3.63, 3.8) is 0 Å². The van der Waals surface area contributed by atoms with Crippen molar-refractivity contribution in [3.8, 4) is 0 Å². The van der Waals surface area contributed by atoms with Crippen LogP contribution in [0.3, 0.4) is 0 Å². The van der Waals surface area contributed by atoms with Gasteiger partial charge in [0.1, 0.15) is 19.8 Å². The number of carbonyl (C=O) groups excluding carboxylic acids is 2. The van der Waals surface area contributed by atoms with Crippen LogP contribution in [0.25, 0.3) is 0 Å². The zero-order valence-corrected chi connectivity index (χ0v) is 39.1. The number of nitrogens with zero attached hydrogens (tertiary/aromatic N) is 1. The fourth-order valence-corrected chi connectivity index (χ4v) is 5.75. The maximum absolute atomic E-state index is 12.7. The van der Waals surface area contributed by atoms with E-state index in [9.17, 15) is 24.2 Å². The molecule has 344 valence electrons. The third-order valence-corrected chi connectivity index (χ3v) is 9.64. The number of hydrogen-bond acceptors (Lipinski definition) is 8. The minimum absolute atomic E-state index is 0.00383. The Morgan fingerprint density at radius 1 is 0.574 bits per heavy atom. The first kappa shape index (κ1) is 57.4. The molecular formula is C50H81NO9P+. The van der Waals surface area contributed by atoms with Crippen molar-refractivity contribution in [2.45, 2.75) is 135 Å². The number of ether oxygens (including phenoxy) is 2. The smallest absolute Gasteiger partial charge is 0.462 e. The van der Waals surface area contributed by atoms with Crippen molar-refractivity contribution in [1.29, 1.82) is 0 Å². The Labute approximate surface area is 370 Å². The SMILES string of the molecule is CC/C=C\C/C=C\C/C=C\C/C=C\C/C=C\C/C=C\CCC(=O)O[C@H](COC(=O)CCC/C=C\C/C=C\C/C=C\C/C=C\CC[C@@H](O)CC)COP(=O)(O)OCC[N+](C)(C)C. The van der Waals surface area contributed by atoms with E-state index in [2.05, 4.69) is 110 Å². The summed E-state index contributed by atoms with van der Waals surface area (Å²) >= 11 is 0. The van der Waals surface area contributed by atoms with Crippen LogP contribution in [-0.2, 0) is 32.7 Å². The summed E-state index contributed by atoms with van der Waals surface area (Å²) < 4.78 is 34.1. The van der Waals surface area contributed by atoms with E-state index < -0.39 is 32.5 Å². The number of quaternary nitrogens is 1. The molecule has 0 rings (SSSR count). The Morgan fingerprint density at radius 2 is 1.02 bits per heavy atom. The van der Waals surface area contributed by atoms with Crippen molar-refractivity contribution in [2.24, 2.45) is 0 Å². The van der Waals surface area contributed by atoms with Gasteiger partial charge in [0.25, 0.3) is 0 Å². The van der Waals surface area contributed by atoms with Crippen LogP contribution in [0.4, 0.5) is 0 Å². The van der Waals surface area contributed by atoms with E-state index >= 15 is 0 Å². The van der Waals surface area contributed by atoms with Gasteiger partial charge in [0.05, 0.1) is 33.9 Å². The topological polar surface area (TPSA) is 129 Å². The molecule has 0 heterocycles. The number of esters is 2. The number of likely N-dealkylation sites (N-methyl/N-ethyl adjacent to an activating group) is 1. The van der Waals surface area contributed by atoms with Gasteiger partial charge >= 0.3 is 19.8 Å². The third kappa shape index (κ3) is 44.2. The summed E-state index contributed by atoms with van der Waals surface area (Å²) in [4.78, 5) is 35.3. The molecule has 0 saturated carbocycles. The Balaban J connectivity index is 4.61. The Hall–Kier alpha value is -3.63. The Kier molecular flexibility index (Phi) is 38.0. The molecule has 0 aromatic heterocycles. The lowest BCUT2D eigenvalue weighted by Gasteiger charge is -2.24. The second kappa shape index (κ2) is 40.4. The molecule has 0 bridgehead atoms. The molecule has 0 radical (unpaired) electrons. The zero-order chi connectivity index (χ0) is 45.1. The van der Waals surface area contributed by atoms with Crippen LogP contribution in [0.1, 0.15) is 123 Å². The minimum Gasteiger partial charge on any atom is -0.462 e. The molecule has 0 aliphatic rings. The normalized spacial score (nSPS) is 15.2. The van der Waals surface area contributed by atoms with E-state index in [-0.39, 0.29) is 32.2 Å². The predicted octanol–water partition coefficient (Wildman–Crippen LogP) is 11.9. The second-order valence-corrected chi connectivity index (χ2v) is 16.9. The molecule has 2 N–H and O–H groups in total. The largest absolute Gasteiger partial charge is 0.472 e. The molecule has 10 nitrogen and oxygen atoms in total. The van der Waals surface area contributed by atoms with Crippen molar-refractivity contribution in [1.82, 2.24) is 0 Å². The van der Waals surface area contributed by atoms with Gasteiger partial charge in [0.15, 0.2) is 6.10 Å². The molecule has 0 aromatic carbocycles. The molecule has 0 fully saturated rings. The van der Waals surface area contributed by atoms with Crippen LogP contribution in [0, 0.1) is 0 Å². The summed E-state index contributed by atoms with van der Waals surface area (Å²) in [5.74, 6) is -0.996. The Morgan fingerprint density at radius 3 is 1.48 bits per heavy atom. The number of hydrogen-bond donors (Lipinski definition) is 2. The van der Waals surface area contributed by atoms with Gasteiger partial charge in [0, 0.05) is 12.8 Å². The average Bonchev–Trinajstić information content (AvgIpc) is 3.21. The number of carbonyl (C=O) groups is 2. The van der Waals surface area contributed by atoms with Gasteiger partial charge < -0.3 is 24.0 Å². The first-order valence-electron chi connectivity index (χ1n) is 22.3. The molecule has 3 atom stereocenters. The molecule has 0 aliphatic heterocycles. The first-order chi connectivity index (χ1) is 29.4. The Bertz CT molecular complexity index is 1460. The lowest BCUT2D eigenvalue weighted by Crippen LogP contribution is -2.37. The number of unbranched alkanes of at least 4 members (excludes halogenated alkanes) is 1. The number of phosphoric ester groups is 1. The summed E-state index contributed by atoms with van der Waals surface area (Å²) in [5, 5.41) is 9.57. The van der Waals surface area contributed by atoms with Crippen molar-refractivity contribution in [3.05, 3.63) is 122 Å². The highest BCUT2D eigenvalue weighted by Crippen LogP contribution is 2.43. The van der Waals surface area contributed by atoms with Crippen LogP contribution >= 0.6 is 7.82 Å². The van der Waals surface area contributed by atoms with Crippen LogP contribution < -0.4 is 0 Å². The maximum atomic E-state index is 12.7. The fourth-order valence-electron chi connectivity index (χ4n) is 5.01. The number of rotatable bonds is 38. The summed E-state index contributed by atoms with van der Waals surface area (Å²) in [7, 11) is 1.36. The predicted molar refractivity (Wildman–Crippen MR) is 253 cm³/mol. The summed E-state index contributed by atoms with van der Waals surface area (Å²) in [6, 6.07) is 0. The van der Waals surface area contributed by atoms with E-state index in [1.54, 1.807) is 0 Å². The summed E-state index contributed by atoms with van der Waals surface area (Å²) in [5.41, 5.74) is 0. The van der Waals surface area contributed by atoms with E-state index in [4.69, 9.17) is 18.5 Å². The zero-order valence-electron chi connectivity index (χ0n) is 38.2. The highest BCUT2D eigenvalue weighted by molar-refractivity contribution is 7.47. The average molecular weight is 871 g/mol. The van der Waals surface area contributed by atoms with Crippen molar-refractivity contribution >= 4 is 19.8 Å². The van der Waals surface area contributed by atoms with Gasteiger partial charge in [0.2, 0.25) is 0 Å². The molecule has 0 spiro atoms. The van der Waals surface area contributed by atoms with E-state index in [1.807, 2.05) is 46.3 Å². The molecule has 0 aromatic rings. The summed E-state index contributed by atoms with van der Waals surface area (Å²) in [6.07, 6.45) is 53.6. The lowest BCUT2D eigenvalue weighted by atomic mass is 10.1. The third-order valence-electron chi connectivity index (χ3n) is 8.65. The van der Waals surface area contributed by atoms with Crippen molar-refractivity contribution in [2.75, 3.05) is 47.5 Å². The number of phosphoric acid groups is 1. The van der Waals surface area contributed by atoms with Crippen LogP contribution in [-0.4, -0.2) is 86.1 Å². The number of aliphatic hydroxyl groups excluding tert-OH is 1. The van der Waals surface area contributed by atoms with Gasteiger partial charge in [-0.2, -0.15) is 0 Å². The molecule has 61 heavy (non-hydrogen) atoms. The van der Waals surface area contributed by atoms with Crippen LogP contribution in [0.5, 0.6) is 0 Å². The molecule has 0 aliphatic carbocycles. The molecule has 0 saturated heterocycles. The molecular weight excluding hydrogens is 790 g/mol. The maximum Gasteiger partial charge on any atom is 0.472 e.